The second kappa shape index (κ2) is 11.1. The summed E-state index contributed by atoms with van der Waals surface area (Å²) in [4.78, 5) is 35.0. The van der Waals surface area contributed by atoms with Crippen LogP contribution in [-0.2, 0) is 0 Å². The standard InChI is InChI=1S/C23H18BrN3O7/c1-32-18-8-6-15(7-9-18)23(29)34-21-19(24)10-14(11-20(21)33-2)13-25-26-22(28)16-4-3-5-17(12-16)27(30)31/h3-13H,1-2H3,(H,26,28)/b25-13-. The van der Waals surface area contributed by atoms with Gasteiger partial charge in [-0.25, -0.2) is 10.2 Å². The summed E-state index contributed by atoms with van der Waals surface area (Å²) in [5.41, 5.74) is 3.03. The molecule has 0 aliphatic rings. The number of ether oxygens (including phenoxy) is 3. The zero-order valence-electron chi connectivity index (χ0n) is 18.0. The fourth-order valence-corrected chi connectivity index (χ4v) is 3.32. The Labute approximate surface area is 202 Å². The molecule has 0 aliphatic heterocycles. The highest BCUT2D eigenvalue weighted by atomic mass is 79.9. The van der Waals surface area contributed by atoms with Crippen LogP contribution < -0.4 is 19.6 Å². The SMILES string of the molecule is COc1ccc(C(=O)Oc2c(Br)cc(/C=N\NC(=O)c3cccc([N+](=O)[O-])c3)cc2OC)cc1. The summed E-state index contributed by atoms with van der Waals surface area (Å²) in [5.74, 6) is -0.177. The molecule has 0 saturated carbocycles. The molecule has 0 heterocycles. The molecule has 0 radical (unpaired) electrons. The van der Waals surface area contributed by atoms with Crippen molar-refractivity contribution < 1.29 is 28.7 Å². The molecule has 3 aromatic carbocycles. The molecular formula is C23H18BrN3O7. The summed E-state index contributed by atoms with van der Waals surface area (Å²) in [6, 6.07) is 14.9. The van der Waals surface area contributed by atoms with Crippen molar-refractivity contribution in [3.63, 3.8) is 0 Å². The van der Waals surface area contributed by atoms with E-state index in [1.54, 1.807) is 36.4 Å². The number of nitro benzene ring substituents is 1. The zero-order valence-corrected chi connectivity index (χ0v) is 19.6. The fourth-order valence-electron chi connectivity index (χ4n) is 2.78. The smallest absolute Gasteiger partial charge is 0.343 e. The van der Waals surface area contributed by atoms with E-state index in [-0.39, 0.29) is 22.7 Å². The Balaban J connectivity index is 1.73. The number of halogens is 1. The monoisotopic (exact) mass is 527 g/mol. The number of hydrogen-bond donors (Lipinski definition) is 1. The number of hydrogen-bond acceptors (Lipinski definition) is 8. The lowest BCUT2D eigenvalue weighted by atomic mass is 10.2. The van der Waals surface area contributed by atoms with Crippen LogP contribution in [0.25, 0.3) is 0 Å². The van der Waals surface area contributed by atoms with Crippen molar-refractivity contribution in [1.82, 2.24) is 5.43 Å². The molecule has 174 valence electrons. The van der Waals surface area contributed by atoms with E-state index >= 15 is 0 Å². The normalized spacial score (nSPS) is 10.6. The minimum Gasteiger partial charge on any atom is -0.497 e. The third kappa shape index (κ3) is 5.95. The van der Waals surface area contributed by atoms with Gasteiger partial charge in [-0.3, -0.25) is 14.9 Å². The lowest BCUT2D eigenvalue weighted by Crippen LogP contribution is -2.17. The quantitative estimate of drug-likeness (QED) is 0.151. The fraction of sp³-hybridized carbons (Fsp3) is 0.0870. The van der Waals surface area contributed by atoms with E-state index in [9.17, 15) is 19.7 Å². The molecule has 0 spiro atoms. The van der Waals surface area contributed by atoms with Crippen molar-refractivity contribution in [1.29, 1.82) is 0 Å². The number of carbonyl (C=O) groups is 2. The average Bonchev–Trinajstić information content (AvgIpc) is 2.85. The number of benzene rings is 3. The molecule has 34 heavy (non-hydrogen) atoms. The van der Waals surface area contributed by atoms with E-state index in [0.717, 1.165) is 6.07 Å². The van der Waals surface area contributed by atoms with Crippen LogP contribution in [0, 0.1) is 10.1 Å². The number of nitro groups is 1. The maximum atomic E-state index is 12.5. The molecule has 0 fully saturated rings. The van der Waals surface area contributed by atoms with Crippen molar-refractivity contribution in [2.45, 2.75) is 0 Å². The summed E-state index contributed by atoms with van der Waals surface area (Å²) in [6.07, 6.45) is 1.34. The molecule has 3 aromatic rings. The van der Waals surface area contributed by atoms with Crippen molar-refractivity contribution in [3.8, 4) is 17.2 Å². The Morgan fingerprint density at radius 1 is 1.03 bits per heavy atom. The van der Waals surface area contributed by atoms with E-state index in [0.29, 0.717) is 21.3 Å². The molecule has 10 nitrogen and oxygen atoms in total. The highest BCUT2D eigenvalue weighted by Crippen LogP contribution is 2.37. The average molecular weight is 528 g/mol. The Morgan fingerprint density at radius 2 is 1.76 bits per heavy atom. The lowest BCUT2D eigenvalue weighted by Gasteiger charge is -2.12. The maximum Gasteiger partial charge on any atom is 0.343 e. The van der Waals surface area contributed by atoms with Gasteiger partial charge in [0.1, 0.15) is 5.75 Å². The second-order valence-electron chi connectivity index (χ2n) is 6.66. The Bertz CT molecular complexity index is 1260. The van der Waals surface area contributed by atoms with Crippen LogP contribution in [0.3, 0.4) is 0 Å². The molecule has 0 atom stereocenters. The molecule has 1 N–H and O–H groups in total. The predicted octanol–water partition coefficient (Wildman–Crippen LogP) is 4.36. The van der Waals surface area contributed by atoms with Gasteiger partial charge in [-0.15, -0.1) is 0 Å². The van der Waals surface area contributed by atoms with E-state index in [2.05, 4.69) is 26.5 Å². The van der Waals surface area contributed by atoms with Crippen LogP contribution in [0.2, 0.25) is 0 Å². The first-order valence-corrected chi connectivity index (χ1v) is 10.4. The van der Waals surface area contributed by atoms with Gasteiger partial charge in [-0.1, -0.05) is 6.07 Å². The van der Waals surface area contributed by atoms with Gasteiger partial charge in [0.15, 0.2) is 11.5 Å². The summed E-state index contributed by atoms with van der Waals surface area (Å²) in [7, 11) is 2.94. The summed E-state index contributed by atoms with van der Waals surface area (Å²) in [5, 5.41) is 14.7. The first kappa shape index (κ1) is 24.4. The van der Waals surface area contributed by atoms with Gasteiger partial charge in [0.2, 0.25) is 0 Å². The number of methoxy groups -OCH3 is 2. The minimum atomic E-state index is -0.615. The zero-order chi connectivity index (χ0) is 24.7. The van der Waals surface area contributed by atoms with Crippen LogP contribution in [0.15, 0.2) is 70.2 Å². The summed E-state index contributed by atoms with van der Waals surface area (Å²) in [6.45, 7) is 0. The van der Waals surface area contributed by atoms with E-state index in [4.69, 9.17) is 14.2 Å². The lowest BCUT2D eigenvalue weighted by molar-refractivity contribution is -0.384. The third-order valence-corrected chi connectivity index (χ3v) is 5.06. The number of carbonyl (C=O) groups excluding carboxylic acids is 2. The van der Waals surface area contributed by atoms with Crippen LogP contribution in [-0.4, -0.2) is 37.2 Å². The molecule has 1 amide bonds. The van der Waals surface area contributed by atoms with Crippen molar-refractivity contribution in [3.05, 3.63) is 91.9 Å². The Hall–Kier alpha value is -4.25. The minimum absolute atomic E-state index is 0.0888. The van der Waals surface area contributed by atoms with Crippen LogP contribution >= 0.6 is 15.9 Å². The van der Waals surface area contributed by atoms with Gasteiger partial charge in [0.05, 0.1) is 35.4 Å². The largest absolute Gasteiger partial charge is 0.497 e. The number of nitrogens with zero attached hydrogens (tertiary/aromatic N) is 2. The molecule has 0 aromatic heterocycles. The first-order chi connectivity index (χ1) is 16.3. The molecule has 11 heteroatoms. The van der Waals surface area contributed by atoms with E-state index < -0.39 is 16.8 Å². The number of rotatable bonds is 8. The number of nitrogens with one attached hydrogen (secondary N) is 1. The van der Waals surface area contributed by atoms with Gasteiger partial charge < -0.3 is 14.2 Å². The first-order valence-electron chi connectivity index (χ1n) is 9.64. The van der Waals surface area contributed by atoms with Gasteiger partial charge in [-0.05, 0) is 64.0 Å². The maximum absolute atomic E-state index is 12.5. The van der Waals surface area contributed by atoms with E-state index in [1.807, 2.05) is 0 Å². The van der Waals surface area contributed by atoms with Crippen molar-refractivity contribution >= 4 is 39.7 Å². The van der Waals surface area contributed by atoms with Crippen molar-refractivity contribution in [2.75, 3.05) is 14.2 Å². The van der Waals surface area contributed by atoms with E-state index in [1.165, 1.54) is 38.6 Å². The molecule has 0 saturated heterocycles. The molecule has 3 rings (SSSR count). The molecule has 0 aliphatic carbocycles. The number of non-ortho nitro benzene ring substituents is 1. The van der Waals surface area contributed by atoms with Gasteiger partial charge in [0, 0.05) is 17.7 Å². The Kier molecular flexibility index (Phi) is 7.93. The molecule has 0 unspecified atom stereocenters. The summed E-state index contributed by atoms with van der Waals surface area (Å²) < 4.78 is 16.3. The second-order valence-corrected chi connectivity index (χ2v) is 7.51. The highest BCUT2D eigenvalue weighted by Gasteiger charge is 2.17. The highest BCUT2D eigenvalue weighted by molar-refractivity contribution is 9.10. The van der Waals surface area contributed by atoms with Crippen LogP contribution in [0.4, 0.5) is 5.69 Å². The van der Waals surface area contributed by atoms with Crippen LogP contribution in [0.1, 0.15) is 26.3 Å². The third-order valence-electron chi connectivity index (χ3n) is 4.47. The number of hydrazone groups is 1. The van der Waals surface area contributed by atoms with Gasteiger partial charge in [-0.2, -0.15) is 5.10 Å². The topological polar surface area (TPSA) is 129 Å². The molecule has 0 bridgehead atoms. The van der Waals surface area contributed by atoms with Crippen LogP contribution in [0.5, 0.6) is 17.2 Å². The van der Waals surface area contributed by atoms with Crippen molar-refractivity contribution in [2.24, 2.45) is 5.10 Å². The molecular weight excluding hydrogens is 510 g/mol. The van der Waals surface area contributed by atoms with Gasteiger partial charge in [0.25, 0.3) is 11.6 Å². The summed E-state index contributed by atoms with van der Waals surface area (Å²) >= 11 is 3.35. The predicted molar refractivity (Wildman–Crippen MR) is 127 cm³/mol. The number of amides is 1. The Morgan fingerprint density at radius 3 is 2.41 bits per heavy atom. The van der Waals surface area contributed by atoms with Gasteiger partial charge >= 0.3 is 5.97 Å². The number of esters is 1.